The number of esters is 2. The highest BCUT2D eigenvalue weighted by atomic mass is 35.5. The van der Waals surface area contributed by atoms with E-state index in [9.17, 15) is 9.59 Å². The molecule has 0 bridgehead atoms. The van der Waals surface area contributed by atoms with E-state index in [4.69, 9.17) is 21.1 Å². The van der Waals surface area contributed by atoms with Gasteiger partial charge in [-0.25, -0.2) is 9.59 Å². The SMILES string of the molecule is CN1CCc2c(cc(OC(=O)/C=C/c3ccccc3)c(OC(=O)/C=C/c3ccccc3)c2Cl)C(c2ccc3c(c2)CCC3)C1. The lowest BCUT2D eigenvalue weighted by Gasteiger charge is -2.24. The predicted molar refractivity (Wildman–Crippen MR) is 175 cm³/mol. The van der Waals surface area contributed by atoms with Gasteiger partial charge in [0.15, 0.2) is 11.5 Å². The minimum Gasteiger partial charge on any atom is -0.419 e. The molecule has 1 aliphatic heterocycles. The van der Waals surface area contributed by atoms with Gasteiger partial charge in [-0.05, 0) is 89.9 Å². The summed E-state index contributed by atoms with van der Waals surface area (Å²) in [5, 5.41) is 0.292. The summed E-state index contributed by atoms with van der Waals surface area (Å²) in [6.45, 7) is 1.57. The van der Waals surface area contributed by atoms with Crippen LogP contribution in [0.15, 0.2) is 97.1 Å². The van der Waals surface area contributed by atoms with Crippen molar-refractivity contribution in [3.63, 3.8) is 0 Å². The zero-order valence-electron chi connectivity index (χ0n) is 24.7. The van der Waals surface area contributed by atoms with E-state index in [0.717, 1.165) is 48.2 Å². The van der Waals surface area contributed by atoms with Crippen LogP contribution in [0.25, 0.3) is 12.2 Å². The van der Waals surface area contributed by atoms with Crippen molar-refractivity contribution in [2.24, 2.45) is 0 Å². The maximum Gasteiger partial charge on any atom is 0.336 e. The summed E-state index contributed by atoms with van der Waals surface area (Å²) in [5.41, 5.74) is 7.61. The Hall–Kier alpha value is -4.45. The quantitative estimate of drug-likeness (QED) is 0.123. The molecule has 0 aromatic heterocycles. The van der Waals surface area contributed by atoms with Crippen LogP contribution in [0.5, 0.6) is 11.5 Å². The summed E-state index contributed by atoms with van der Waals surface area (Å²) >= 11 is 7.09. The third-order valence-corrected chi connectivity index (χ3v) is 8.70. The number of rotatable bonds is 7. The van der Waals surface area contributed by atoms with Gasteiger partial charge < -0.3 is 14.4 Å². The molecule has 0 spiro atoms. The topological polar surface area (TPSA) is 55.8 Å². The van der Waals surface area contributed by atoms with Crippen molar-refractivity contribution in [3.05, 3.63) is 141 Å². The van der Waals surface area contributed by atoms with Crippen LogP contribution in [0.3, 0.4) is 0 Å². The molecular formula is C38H34ClNO4. The summed E-state index contributed by atoms with van der Waals surface area (Å²) < 4.78 is 11.7. The van der Waals surface area contributed by atoms with Crippen LogP contribution in [0.1, 0.15) is 51.3 Å². The lowest BCUT2D eigenvalue weighted by Crippen LogP contribution is -2.24. The molecule has 1 aliphatic carbocycles. The van der Waals surface area contributed by atoms with E-state index in [2.05, 4.69) is 30.1 Å². The number of ether oxygens (including phenoxy) is 2. The number of fused-ring (bicyclic) bond motifs is 2. The van der Waals surface area contributed by atoms with Crippen LogP contribution in [-0.4, -0.2) is 37.0 Å². The molecule has 0 N–H and O–H groups in total. The van der Waals surface area contributed by atoms with E-state index < -0.39 is 11.9 Å². The first-order valence-corrected chi connectivity index (χ1v) is 15.4. The lowest BCUT2D eigenvalue weighted by molar-refractivity contribution is -0.131. The molecule has 5 nitrogen and oxygen atoms in total. The number of carbonyl (C=O) groups excluding carboxylic acids is 2. The van der Waals surface area contributed by atoms with Crippen LogP contribution < -0.4 is 9.47 Å². The van der Waals surface area contributed by atoms with Crippen LogP contribution in [0.4, 0.5) is 0 Å². The van der Waals surface area contributed by atoms with Crippen molar-refractivity contribution >= 4 is 35.7 Å². The molecule has 6 heteroatoms. The summed E-state index contributed by atoms with van der Waals surface area (Å²) in [6, 6.07) is 27.6. The second-order valence-corrected chi connectivity index (χ2v) is 11.7. The molecule has 0 saturated heterocycles. The number of carbonyl (C=O) groups is 2. The average Bonchev–Trinajstić information content (AvgIpc) is 3.45. The molecule has 1 unspecified atom stereocenters. The third-order valence-electron chi connectivity index (χ3n) is 8.30. The van der Waals surface area contributed by atoms with Crippen molar-refractivity contribution in [2.75, 3.05) is 20.1 Å². The Morgan fingerprint density at radius 1 is 0.795 bits per heavy atom. The van der Waals surface area contributed by atoms with Gasteiger partial charge in [0, 0.05) is 31.2 Å². The van der Waals surface area contributed by atoms with Crippen molar-refractivity contribution in [2.45, 2.75) is 31.6 Å². The molecule has 2 aliphatic rings. The Morgan fingerprint density at radius 3 is 2.11 bits per heavy atom. The summed E-state index contributed by atoms with van der Waals surface area (Å²) in [5.74, 6) is -1.04. The Labute approximate surface area is 263 Å². The predicted octanol–water partition coefficient (Wildman–Crippen LogP) is 7.69. The molecule has 4 aromatic carbocycles. The number of hydrogen-bond donors (Lipinski definition) is 0. The van der Waals surface area contributed by atoms with E-state index in [1.54, 1.807) is 12.2 Å². The van der Waals surface area contributed by atoms with E-state index in [-0.39, 0.29) is 17.4 Å². The van der Waals surface area contributed by atoms with E-state index in [1.807, 2.05) is 66.7 Å². The van der Waals surface area contributed by atoms with Gasteiger partial charge in [-0.15, -0.1) is 0 Å². The molecule has 4 aromatic rings. The average molecular weight is 604 g/mol. The molecule has 222 valence electrons. The molecule has 0 fully saturated rings. The van der Waals surface area contributed by atoms with Crippen LogP contribution in [0, 0.1) is 0 Å². The summed E-state index contributed by atoms with van der Waals surface area (Å²) in [4.78, 5) is 28.4. The molecule has 0 radical (unpaired) electrons. The molecular weight excluding hydrogens is 570 g/mol. The van der Waals surface area contributed by atoms with Crippen LogP contribution >= 0.6 is 11.6 Å². The second-order valence-electron chi connectivity index (χ2n) is 11.4. The first kappa shape index (κ1) is 29.6. The molecule has 0 saturated carbocycles. The number of benzene rings is 4. The Balaban J connectivity index is 1.39. The number of nitrogens with zero attached hydrogens (tertiary/aromatic N) is 1. The number of hydrogen-bond acceptors (Lipinski definition) is 5. The van der Waals surface area contributed by atoms with Gasteiger partial charge in [0.1, 0.15) is 0 Å². The maximum atomic E-state index is 13.1. The third kappa shape index (κ3) is 6.85. The summed E-state index contributed by atoms with van der Waals surface area (Å²) in [7, 11) is 2.10. The minimum atomic E-state index is -0.617. The fourth-order valence-electron chi connectivity index (χ4n) is 6.03. The maximum absolute atomic E-state index is 13.1. The summed E-state index contributed by atoms with van der Waals surface area (Å²) in [6.07, 6.45) is 10.1. The fraction of sp³-hybridized carbons (Fsp3) is 0.211. The standard InChI is InChI=1S/C38H34ClNO4/c1-40-22-21-31-32(33(25-40)30-18-17-28-13-8-14-29(28)23-30)24-34(43-35(41)19-15-26-9-4-2-5-10-26)38(37(31)39)44-36(42)20-16-27-11-6-3-7-12-27/h2-7,9-12,15-20,23-24,33H,8,13-14,21-22,25H2,1H3/b19-15+,20-16+. The largest absolute Gasteiger partial charge is 0.419 e. The zero-order chi connectivity index (χ0) is 30.5. The number of halogens is 1. The van der Waals surface area contributed by atoms with Gasteiger partial charge in [-0.1, -0.05) is 90.5 Å². The first-order valence-electron chi connectivity index (χ1n) is 15.0. The van der Waals surface area contributed by atoms with E-state index in [1.165, 1.54) is 35.3 Å². The Bertz CT molecular complexity index is 1730. The molecule has 0 amide bonds. The van der Waals surface area contributed by atoms with Crippen molar-refractivity contribution in [1.29, 1.82) is 0 Å². The van der Waals surface area contributed by atoms with Gasteiger partial charge in [-0.3, -0.25) is 0 Å². The Kier molecular flexibility index (Phi) is 9.06. The van der Waals surface area contributed by atoms with Crippen molar-refractivity contribution in [3.8, 4) is 11.5 Å². The molecule has 6 rings (SSSR count). The minimum absolute atomic E-state index is 0.000871. The lowest BCUT2D eigenvalue weighted by atomic mass is 9.86. The number of likely N-dealkylation sites (N-methyl/N-ethyl adjacent to an activating group) is 1. The normalized spacial score (nSPS) is 16.5. The highest BCUT2D eigenvalue weighted by Gasteiger charge is 2.30. The van der Waals surface area contributed by atoms with Gasteiger partial charge in [0.05, 0.1) is 5.02 Å². The zero-order valence-corrected chi connectivity index (χ0v) is 25.4. The van der Waals surface area contributed by atoms with Crippen LogP contribution in [-0.2, 0) is 28.9 Å². The fourth-order valence-corrected chi connectivity index (χ4v) is 6.37. The van der Waals surface area contributed by atoms with Crippen LogP contribution in [0.2, 0.25) is 5.02 Å². The van der Waals surface area contributed by atoms with Crippen molar-refractivity contribution < 1.29 is 19.1 Å². The molecule has 1 atom stereocenters. The van der Waals surface area contributed by atoms with Gasteiger partial charge in [0.25, 0.3) is 0 Å². The highest BCUT2D eigenvalue weighted by Crippen LogP contribution is 2.45. The molecule has 1 heterocycles. The van der Waals surface area contributed by atoms with E-state index in [0.29, 0.717) is 11.4 Å². The number of aryl methyl sites for hydroxylation is 2. The second kappa shape index (κ2) is 13.5. The van der Waals surface area contributed by atoms with Crippen molar-refractivity contribution in [1.82, 2.24) is 4.90 Å². The first-order chi connectivity index (χ1) is 21.4. The monoisotopic (exact) mass is 603 g/mol. The van der Waals surface area contributed by atoms with Gasteiger partial charge in [-0.2, -0.15) is 0 Å². The smallest absolute Gasteiger partial charge is 0.336 e. The van der Waals surface area contributed by atoms with Gasteiger partial charge >= 0.3 is 11.9 Å². The van der Waals surface area contributed by atoms with E-state index >= 15 is 0 Å². The molecule has 44 heavy (non-hydrogen) atoms. The Morgan fingerprint density at radius 2 is 1.43 bits per heavy atom. The highest BCUT2D eigenvalue weighted by molar-refractivity contribution is 6.33. The van der Waals surface area contributed by atoms with Gasteiger partial charge in [0.2, 0.25) is 0 Å².